The zero-order valence-electron chi connectivity index (χ0n) is 19.7. The molecule has 0 bridgehead atoms. The molecule has 1 aliphatic rings. The summed E-state index contributed by atoms with van der Waals surface area (Å²) in [6.45, 7) is 0.162. The minimum absolute atomic E-state index is 0.0759. The zero-order valence-corrected chi connectivity index (χ0v) is 21.3. The van der Waals surface area contributed by atoms with E-state index in [2.05, 4.69) is 29.6 Å². The smallest absolute Gasteiger partial charge is 0.407 e. The SMILES string of the molecule is O=C(NC(c1cc2ccccc2s1)C(C(=O)O)c1ccsc1)OCC1c2ccccc2-c2ccccc21. The number of nitrogens with one attached hydrogen (secondary N) is 1. The van der Waals surface area contributed by atoms with Crippen LogP contribution < -0.4 is 5.32 Å². The van der Waals surface area contributed by atoms with Crippen molar-refractivity contribution >= 4 is 44.8 Å². The van der Waals surface area contributed by atoms with Gasteiger partial charge in [-0.1, -0.05) is 66.7 Å². The van der Waals surface area contributed by atoms with E-state index in [1.807, 2.05) is 65.4 Å². The van der Waals surface area contributed by atoms with Gasteiger partial charge in [0.05, 0.1) is 6.04 Å². The van der Waals surface area contributed by atoms with E-state index >= 15 is 0 Å². The number of thiophene rings is 2. The van der Waals surface area contributed by atoms with Crippen LogP contribution in [0.2, 0.25) is 0 Å². The second-order valence-electron chi connectivity index (χ2n) is 9.01. The Morgan fingerprint density at radius 1 is 0.919 bits per heavy atom. The van der Waals surface area contributed by atoms with Gasteiger partial charge >= 0.3 is 12.1 Å². The Kier molecular flexibility index (Phi) is 6.24. The second kappa shape index (κ2) is 9.84. The Bertz CT molecular complexity index is 1510. The highest BCUT2D eigenvalue weighted by Crippen LogP contribution is 2.44. The van der Waals surface area contributed by atoms with Crippen molar-refractivity contribution in [1.82, 2.24) is 5.32 Å². The lowest BCUT2D eigenvalue weighted by Crippen LogP contribution is -2.36. The number of carboxylic acid groups (broad SMARTS) is 1. The number of fused-ring (bicyclic) bond motifs is 4. The monoisotopic (exact) mass is 525 g/mol. The number of aliphatic carboxylic acids is 1. The number of carbonyl (C=O) groups excluding carboxylic acids is 1. The van der Waals surface area contributed by atoms with Crippen molar-refractivity contribution in [3.8, 4) is 11.1 Å². The highest BCUT2D eigenvalue weighted by Gasteiger charge is 2.35. The van der Waals surface area contributed by atoms with E-state index in [0.29, 0.717) is 5.56 Å². The van der Waals surface area contributed by atoms with Crippen LogP contribution in [0.15, 0.2) is 95.7 Å². The average molecular weight is 526 g/mol. The van der Waals surface area contributed by atoms with Crippen LogP contribution in [0, 0.1) is 0 Å². The predicted molar refractivity (Wildman–Crippen MR) is 147 cm³/mol. The van der Waals surface area contributed by atoms with Gasteiger partial charge in [-0.2, -0.15) is 11.3 Å². The van der Waals surface area contributed by atoms with Crippen LogP contribution in [-0.2, 0) is 9.53 Å². The van der Waals surface area contributed by atoms with E-state index < -0.39 is 24.0 Å². The van der Waals surface area contributed by atoms with Gasteiger partial charge in [0.25, 0.3) is 0 Å². The number of ether oxygens (including phenoxy) is 1. The standard InChI is InChI=1S/C30H23NO4S2/c32-29(33)27(19-13-14-36-17-19)28(26-15-18-7-1-6-12-25(18)37-26)31-30(34)35-16-24-22-10-4-2-8-20(22)21-9-3-5-11-23(21)24/h1-15,17,24,27-28H,16H2,(H,31,34)(H,32,33). The van der Waals surface area contributed by atoms with Crippen LogP contribution in [0.3, 0.4) is 0 Å². The molecule has 37 heavy (non-hydrogen) atoms. The molecule has 0 saturated heterocycles. The molecule has 5 aromatic rings. The van der Waals surface area contributed by atoms with Gasteiger partial charge in [-0.3, -0.25) is 4.79 Å². The Morgan fingerprint density at radius 3 is 2.24 bits per heavy atom. The predicted octanol–water partition coefficient (Wildman–Crippen LogP) is 7.41. The molecule has 0 saturated carbocycles. The highest BCUT2D eigenvalue weighted by atomic mass is 32.1. The summed E-state index contributed by atoms with van der Waals surface area (Å²) in [5.74, 6) is -2.02. The molecular formula is C30H23NO4S2. The first-order chi connectivity index (χ1) is 18.1. The van der Waals surface area contributed by atoms with Gasteiger partial charge in [-0.25, -0.2) is 4.79 Å². The molecule has 6 rings (SSSR count). The first-order valence-corrected chi connectivity index (χ1v) is 13.7. The first-order valence-electron chi connectivity index (χ1n) is 11.9. The van der Waals surface area contributed by atoms with Gasteiger partial charge in [0, 0.05) is 15.5 Å². The summed E-state index contributed by atoms with van der Waals surface area (Å²) in [4.78, 5) is 26.4. The number of carbonyl (C=O) groups is 2. The number of alkyl carbamates (subject to hydrolysis) is 1. The summed E-state index contributed by atoms with van der Waals surface area (Å²) in [5, 5.41) is 17.8. The lowest BCUT2D eigenvalue weighted by atomic mass is 9.92. The number of amides is 1. The van der Waals surface area contributed by atoms with E-state index in [4.69, 9.17) is 4.74 Å². The molecule has 0 spiro atoms. The van der Waals surface area contributed by atoms with Crippen LogP contribution in [-0.4, -0.2) is 23.8 Å². The largest absolute Gasteiger partial charge is 0.481 e. The van der Waals surface area contributed by atoms with E-state index in [1.54, 1.807) is 6.07 Å². The average Bonchev–Trinajstić information content (AvgIpc) is 3.65. The summed E-state index contributed by atoms with van der Waals surface area (Å²) in [6.07, 6.45) is -0.634. The maximum absolute atomic E-state index is 13.2. The van der Waals surface area contributed by atoms with Crippen molar-refractivity contribution in [2.45, 2.75) is 17.9 Å². The topological polar surface area (TPSA) is 75.6 Å². The maximum atomic E-state index is 13.2. The van der Waals surface area contributed by atoms with Crippen LogP contribution in [0.5, 0.6) is 0 Å². The highest BCUT2D eigenvalue weighted by molar-refractivity contribution is 7.19. The molecule has 0 radical (unpaired) electrons. The Labute approximate surface area is 222 Å². The van der Waals surface area contributed by atoms with Crippen LogP contribution in [0.4, 0.5) is 4.79 Å². The Hall–Kier alpha value is -3.94. The second-order valence-corrected chi connectivity index (χ2v) is 10.9. The van der Waals surface area contributed by atoms with Gasteiger partial charge in [-0.15, -0.1) is 11.3 Å². The molecular weight excluding hydrogens is 502 g/mol. The minimum atomic E-state index is -1.00. The maximum Gasteiger partial charge on any atom is 0.407 e. The van der Waals surface area contributed by atoms with E-state index in [9.17, 15) is 14.7 Å². The summed E-state index contributed by atoms with van der Waals surface area (Å²) >= 11 is 2.92. The van der Waals surface area contributed by atoms with Gasteiger partial charge < -0.3 is 15.2 Å². The van der Waals surface area contributed by atoms with Gasteiger partial charge in [0.1, 0.15) is 12.5 Å². The van der Waals surface area contributed by atoms with Gasteiger partial charge in [0.2, 0.25) is 0 Å². The molecule has 0 aliphatic heterocycles. The number of hydrogen-bond acceptors (Lipinski definition) is 5. The number of hydrogen-bond donors (Lipinski definition) is 2. The third-order valence-electron chi connectivity index (χ3n) is 6.87. The third kappa shape index (κ3) is 4.41. The summed E-state index contributed by atoms with van der Waals surface area (Å²) < 4.78 is 6.81. The van der Waals surface area contributed by atoms with Crippen molar-refractivity contribution in [2.75, 3.05) is 6.61 Å². The van der Waals surface area contributed by atoms with Crippen molar-refractivity contribution in [3.63, 3.8) is 0 Å². The number of rotatable bonds is 7. The molecule has 1 amide bonds. The van der Waals surface area contributed by atoms with E-state index in [1.165, 1.54) is 22.7 Å². The van der Waals surface area contributed by atoms with Crippen LogP contribution >= 0.6 is 22.7 Å². The molecule has 2 atom stereocenters. The van der Waals surface area contributed by atoms with Crippen LogP contribution in [0.25, 0.3) is 21.2 Å². The number of carboxylic acids is 1. The molecule has 0 fully saturated rings. The Morgan fingerprint density at radius 2 is 1.59 bits per heavy atom. The van der Waals surface area contributed by atoms with Crippen molar-refractivity contribution in [3.05, 3.63) is 117 Å². The summed E-state index contributed by atoms with van der Waals surface area (Å²) in [7, 11) is 0. The molecule has 7 heteroatoms. The van der Waals surface area contributed by atoms with Gasteiger partial charge in [-0.05, 0) is 62.2 Å². The third-order valence-corrected chi connectivity index (χ3v) is 8.77. The quantitative estimate of drug-likeness (QED) is 0.232. The fourth-order valence-corrected chi connectivity index (χ4v) is 7.02. The molecule has 1 aliphatic carbocycles. The molecule has 184 valence electrons. The van der Waals surface area contributed by atoms with E-state index in [-0.39, 0.29) is 12.5 Å². The lowest BCUT2D eigenvalue weighted by molar-refractivity contribution is -0.139. The van der Waals surface area contributed by atoms with Crippen molar-refractivity contribution in [1.29, 1.82) is 0 Å². The molecule has 5 nitrogen and oxygen atoms in total. The molecule has 2 aromatic heterocycles. The summed E-state index contributed by atoms with van der Waals surface area (Å²) in [5.41, 5.74) is 5.20. The number of benzene rings is 3. The molecule has 2 N–H and O–H groups in total. The van der Waals surface area contributed by atoms with Crippen molar-refractivity contribution in [2.24, 2.45) is 0 Å². The van der Waals surface area contributed by atoms with Crippen LogP contribution in [0.1, 0.15) is 39.4 Å². The first kappa shape index (κ1) is 23.5. The summed E-state index contributed by atoms with van der Waals surface area (Å²) in [6, 6.07) is 27.2. The van der Waals surface area contributed by atoms with Crippen molar-refractivity contribution < 1.29 is 19.4 Å². The fraction of sp³-hybridized carbons (Fsp3) is 0.133. The molecule has 2 unspecified atom stereocenters. The van der Waals surface area contributed by atoms with Gasteiger partial charge in [0.15, 0.2) is 0 Å². The lowest BCUT2D eigenvalue weighted by Gasteiger charge is -2.24. The fourth-order valence-electron chi connectivity index (χ4n) is 5.17. The Balaban J connectivity index is 1.28. The zero-order chi connectivity index (χ0) is 25.4. The molecule has 2 heterocycles. The molecule has 3 aromatic carbocycles. The van der Waals surface area contributed by atoms with E-state index in [0.717, 1.165) is 37.2 Å². The minimum Gasteiger partial charge on any atom is -0.481 e. The normalized spacial score (nSPS) is 14.1.